The summed E-state index contributed by atoms with van der Waals surface area (Å²) in [5.74, 6) is 6.20. The van der Waals surface area contributed by atoms with Crippen molar-refractivity contribution in [1.29, 1.82) is 0 Å². The fourth-order valence-corrected chi connectivity index (χ4v) is 5.37. The zero-order chi connectivity index (χ0) is 25.9. The summed E-state index contributed by atoms with van der Waals surface area (Å²) in [6.45, 7) is 6.71. The van der Waals surface area contributed by atoms with Crippen LogP contribution in [0.3, 0.4) is 0 Å². The smallest absolute Gasteiger partial charge is 0.437 e. The number of rotatable bonds is 3. The van der Waals surface area contributed by atoms with Gasteiger partial charge in [-0.1, -0.05) is 5.92 Å². The molecule has 0 saturated carbocycles. The number of benzene rings is 1. The van der Waals surface area contributed by atoms with E-state index in [2.05, 4.69) is 16.8 Å². The van der Waals surface area contributed by atoms with Crippen molar-refractivity contribution in [3.05, 3.63) is 70.2 Å². The molecule has 0 N–H and O–H groups in total. The Bertz CT molecular complexity index is 1270. The number of allylic oxidation sites excluding steroid dienone is 2. The maximum atomic E-state index is 13.7. The Morgan fingerprint density at radius 3 is 2.28 bits per heavy atom. The average Bonchev–Trinajstić information content (AvgIpc) is 2.86. The first-order chi connectivity index (χ1) is 17.3. The Hall–Kier alpha value is -3.92. The quantitative estimate of drug-likeness (QED) is 0.455. The van der Waals surface area contributed by atoms with Gasteiger partial charge >= 0.3 is 6.16 Å². The summed E-state index contributed by atoms with van der Waals surface area (Å²) in [7, 11) is 1.25. The summed E-state index contributed by atoms with van der Waals surface area (Å²) in [6.07, 6.45) is 4.40. The zero-order valence-corrected chi connectivity index (χ0v) is 21.1. The molecular formula is C29H30N2O5. The third-order valence-electron chi connectivity index (χ3n) is 7.09. The number of hydrogen-bond donors (Lipinski definition) is 0. The first-order valence-corrected chi connectivity index (χ1v) is 12.0. The minimum Gasteiger partial charge on any atom is -0.437 e. The average molecular weight is 487 g/mol. The van der Waals surface area contributed by atoms with Crippen molar-refractivity contribution < 1.29 is 23.9 Å². The van der Waals surface area contributed by atoms with Crippen molar-refractivity contribution in [2.24, 2.45) is 5.41 Å². The first kappa shape index (κ1) is 25.2. The van der Waals surface area contributed by atoms with Crippen LogP contribution in [0.25, 0.3) is 5.57 Å². The molecule has 4 rings (SSSR count). The third kappa shape index (κ3) is 5.03. The van der Waals surface area contributed by atoms with E-state index in [1.165, 1.54) is 7.11 Å². The van der Waals surface area contributed by atoms with Crippen LogP contribution in [-0.4, -0.2) is 47.9 Å². The molecule has 0 unspecified atom stereocenters. The summed E-state index contributed by atoms with van der Waals surface area (Å²) in [5.41, 5.74) is 4.10. The predicted molar refractivity (Wildman–Crippen MR) is 135 cm³/mol. The van der Waals surface area contributed by atoms with Gasteiger partial charge < -0.3 is 14.4 Å². The van der Waals surface area contributed by atoms with Gasteiger partial charge in [-0.15, -0.1) is 5.92 Å². The van der Waals surface area contributed by atoms with Crippen LogP contribution in [0, 0.1) is 31.1 Å². The van der Waals surface area contributed by atoms with Crippen LogP contribution >= 0.6 is 0 Å². The van der Waals surface area contributed by atoms with Crippen molar-refractivity contribution in [3.63, 3.8) is 0 Å². The van der Waals surface area contributed by atoms with Crippen LogP contribution in [0.5, 0.6) is 0 Å². The summed E-state index contributed by atoms with van der Waals surface area (Å²) in [4.78, 5) is 44.6. The number of ether oxygens (including phenoxy) is 2. The van der Waals surface area contributed by atoms with E-state index in [1.54, 1.807) is 31.5 Å². The number of Topliss-reactive ketones (excluding diaryl/α,β-unsaturated/α-hetero) is 1. The van der Waals surface area contributed by atoms with Crippen LogP contribution in [0.15, 0.2) is 42.4 Å². The van der Waals surface area contributed by atoms with Gasteiger partial charge in [0, 0.05) is 49.5 Å². The minimum atomic E-state index is -0.846. The number of hydrogen-bond acceptors (Lipinski definition) is 6. The van der Waals surface area contributed by atoms with E-state index >= 15 is 0 Å². The van der Waals surface area contributed by atoms with Crippen molar-refractivity contribution in [3.8, 4) is 11.8 Å². The molecule has 1 aliphatic heterocycles. The maximum absolute atomic E-state index is 13.7. The van der Waals surface area contributed by atoms with Crippen LogP contribution < -0.4 is 0 Å². The molecule has 1 aromatic carbocycles. The van der Waals surface area contributed by atoms with Crippen LogP contribution in [0.2, 0.25) is 0 Å². The minimum absolute atomic E-state index is 0.0434. The number of pyridine rings is 1. The number of methoxy groups -OCH3 is 1. The predicted octanol–water partition coefficient (Wildman–Crippen LogP) is 4.85. The highest BCUT2D eigenvalue weighted by atomic mass is 16.7. The van der Waals surface area contributed by atoms with E-state index in [1.807, 2.05) is 30.9 Å². The monoisotopic (exact) mass is 486 g/mol. The fraction of sp³-hybridized carbons (Fsp3) is 0.379. The molecule has 1 spiro atoms. The molecule has 2 heterocycles. The molecule has 1 saturated heterocycles. The number of nitrogens with zero attached hydrogens (tertiary/aromatic N) is 2. The van der Waals surface area contributed by atoms with Crippen LogP contribution in [0.4, 0.5) is 4.79 Å². The normalized spacial score (nSPS) is 16.9. The van der Waals surface area contributed by atoms with Gasteiger partial charge in [0.25, 0.3) is 5.91 Å². The Balaban J connectivity index is 1.65. The number of amides is 1. The lowest BCUT2D eigenvalue weighted by Gasteiger charge is -2.44. The van der Waals surface area contributed by atoms with E-state index in [4.69, 9.17) is 9.47 Å². The Morgan fingerprint density at radius 1 is 1.06 bits per heavy atom. The number of carbonyl (C=O) groups excluding carboxylic acids is 3. The lowest BCUT2D eigenvalue weighted by Crippen LogP contribution is -2.45. The molecule has 0 atom stereocenters. The van der Waals surface area contributed by atoms with Gasteiger partial charge in [0.1, 0.15) is 5.76 Å². The van der Waals surface area contributed by atoms with Gasteiger partial charge in [0.15, 0.2) is 5.78 Å². The van der Waals surface area contributed by atoms with Crippen molar-refractivity contribution in [2.45, 2.75) is 46.5 Å². The zero-order valence-electron chi connectivity index (χ0n) is 21.1. The molecule has 0 radical (unpaired) electrons. The molecule has 2 aromatic rings. The van der Waals surface area contributed by atoms with E-state index in [0.717, 1.165) is 22.3 Å². The van der Waals surface area contributed by atoms with Crippen molar-refractivity contribution in [2.75, 3.05) is 20.2 Å². The summed E-state index contributed by atoms with van der Waals surface area (Å²) >= 11 is 0. The number of likely N-dealkylation sites (tertiary alicyclic amines) is 1. The molecule has 1 aromatic heterocycles. The molecule has 1 fully saturated rings. The molecule has 2 aliphatic rings. The van der Waals surface area contributed by atoms with Gasteiger partial charge in [0.05, 0.1) is 12.7 Å². The number of carbonyl (C=O) groups is 3. The van der Waals surface area contributed by atoms with E-state index in [9.17, 15) is 14.4 Å². The third-order valence-corrected chi connectivity index (χ3v) is 7.09. The van der Waals surface area contributed by atoms with Gasteiger partial charge in [-0.25, -0.2) is 4.79 Å². The lowest BCUT2D eigenvalue weighted by molar-refractivity contribution is -0.117. The van der Waals surface area contributed by atoms with Gasteiger partial charge in [0.2, 0.25) is 0 Å². The topological polar surface area (TPSA) is 85.8 Å². The number of aryl methyl sites for hydroxylation is 2. The summed E-state index contributed by atoms with van der Waals surface area (Å²) < 4.78 is 10.4. The van der Waals surface area contributed by atoms with Crippen molar-refractivity contribution >= 4 is 23.4 Å². The largest absolute Gasteiger partial charge is 0.513 e. The Labute approximate surface area is 211 Å². The molecule has 36 heavy (non-hydrogen) atoms. The molecule has 7 nitrogen and oxygen atoms in total. The fourth-order valence-electron chi connectivity index (χ4n) is 5.37. The SMILES string of the molecule is CC#Cc1cc(C)c(C2=C(OC(=O)OC)CC3(CCN(C(=O)c4ccncc4)CC3)CC2=O)c(C)c1. The molecule has 1 amide bonds. The molecule has 186 valence electrons. The highest BCUT2D eigenvalue weighted by Gasteiger charge is 2.45. The van der Waals surface area contributed by atoms with Gasteiger partial charge in [-0.05, 0) is 80.0 Å². The highest BCUT2D eigenvalue weighted by molar-refractivity contribution is 6.23. The second-order valence-corrected chi connectivity index (χ2v) is 9.52. The van der Waals surface area contributed by atoms with Crippen LogP contribution in [-0.2, 0) is 14.3 Å². The number of piperidine rings is 1. The molecule has 7 heteroatoms. The lowest BCUT2D eigenvalue weighted by atomic mass is 9.66. The Morgan fingerprint density at radius 2 is 1.69 bits per heavy atom. The summed E-state index contributed by atoms with van der Waals surface area (Å²) in [6, 6.07) is 7.30. The van der Waals surface area contributed by atoms with E-state index in [0.29, 0.717) is 55.7 Å². The highest BCUT2D eigenvalue weighted by Crippen LogP contribution is 2.48. The van der Waals surface area contributed by atoms with E-state index in [-0.39, 0.29) is 17.1 Å². The molecule has 1 aliphatic carbocycles. The number of aromatic nitrogens is 1. The molecular weight excluding hydrogens is 456 g/mol. The van der Waals surface area contributed by atoms with Crippen molar-refractivity contribution in [1.82, 2.24) is 9.88 Å². The standard InChI is InChI=1S/C29H30N2O5/c1-5-6-21-15-19(2)25(20(3)16-21)26-23(32)17-29(18-24(26)36-28(34)35-4)9-13-31(14-10-29)27(33)22-7-11-30-12-8-22/h7-8,11-12,15-16H,9-10,13-14,17-18H2,1-4H3. The van der Waals surface area contributed by atoms with E-state index < -0.39 is 6.16 Å². The second-order valence-electron chi connectivity index (χ2n) is 9.52. The number of ketones is 1. The Kier molecular flexibility index (Phi) is 7.25. The second kappa shape index (κ2) is 10.4. The summed E-state index contributed by atoms with van der Waals surface area (Å²) in [5, 5.41) is 0. The maximum Gasteiger partial charge on any atom is 0.513 e. The first-order valence-electron chi connectivity index (χ1n) is 12.0. The van der Waals surface area contributed by atoms with Gasteiger partial charge in [-0.2, -0.15) is 0 Å². The van der Waals surface area contributed by atoms with Gasteiger partial charge in [-0.3, -0.25) is 14.6 Å². The molecule has 0 bridgehead atoms. The van der Waals surface area contributed by atoms with Crippen LogP contribution in [0.1, 0.15) is 65.2 Å².